The van der Waals surface area contributed by atoms with Gasteiger partial charge in [0.05, 0.1) is 11.8 Å². The van der Waals surface area contributed by atoms with Crippen LogP contribution in [-0.4, -0.2) is 11.1 Å². The summed E-state index contributed by atoms with van der Waals surface area (Å²) in [6.07, 6.45) is 1.43. The van der Waals surface area contributed by atoms with Crippen LogP contribution in [-0.2, 0) is 0 Å². The molecule has 0 amide bonds. The molecule has 1 aromatic heterocycles. The standard InChI is InChI=1S/C11H7FO3/c12-7-3-4-8(9(6-7)11(13)14)10-2-1-5-15-10/h1-6H,(H,13,14). The molecule has 0 bridgehead atoms. The number of hydrogen-bond donors (Lipinski definition) is 1. The molecule has 0 unspecified atom stereocenters. The zero-order chi connectivity index (χ0) is 10.8. The van der Waals surface area contributed by atoms with Gasteiger partial charge in [-0.15, -0.1) is 0 Å². The van der Waals surface area contributed by atoms with Gasteiger partial charge in [-0.3, -0.25) is 0 Å². The van der Waals surface area contributed by atoms with Gasteiger partial charge in [-0.2, -0.15) is 0 Å². The lowest BCUT2D eigenvalue weighted by atomic mass is 10.1. The second-order valence-corrected chi connectivity index (χ2v) is 2.97. The molecule has 0 aliphatic rings. The van der Waals surface area contributed by atoms with Crippen LogP contribution in [0.2, 0.25) is 0 Å². The van der Waals surface area contributed by atoms with Crippen molar-refractivity contribution in [2.45, 2.75) is 0 Å². The van der Waals surface area contributed by atoms with E-state index in [4.69, 9.17) is 9.52 Å². The normalized spacial score (nSPS) is 10.2. The van der Waals surface area contributed by atoms with Crippen LogP contribution in [0.15, 0.2) is 41.0 Å². The summed E-state index contributed by atoms with van der Waals surface area (Å²) >= 11 is 0. The summed E-state index contributed by atoms with van der Waals surface area (Å²) in [5.41, 5.74) is 0.263. The van der Waals surface area contributed by atoms with Crippen molar-refractivity contribution in [2.24, 2.45) is 0 Å². The predicted octanol–water partition coefficient (Wildman–Crippen LogP) is 2.78. The zero-order valence-corrected chi connectivity index (χ0v) is 7.61. The van der Waals surface area contributed by atoms with Crippen LogP contribution >= 0.6 is 0 Å². The Balaban J connectivity index is 2.61. The van der Waals surface area contributed by atoms with Gasteiger partial charge in [-0.1, -0.05) is 0 Å². The van der Waals surface area contributed by atoms with Crippen LogP contribution < -0.4 is 0 Å². The molecule has 76 valence electrons. The van der Waals surface area contributed by atoms with E-state index in [1.54, 1.807) is 12.1 Å². The maximum atomic E-state index is 12.9. The molecule has 3 nitrogen and oxygen atoms in total. The largest absolute Gasteiger partial charge is 0.478 e. The highest BCUT2D eigenvalue weighted by atomic mass is 19.1. The molecular weight excluding hydrogens is 199 g/mol. The minimum Gasteiger partial charge on any atom is -0.478 e. The highest BCUT2D eigenvalue weighted by molar-refractivity contribution is 5.95. The first-order valence-corrected chi connectivity index (χ1v) is 4.25. The van der Waals surface area contributed by atoms with E-state index >= 15 is 0 Å². The smallest absolute Gasteiger partial charge is 0.336 e. The van der Waals surface area contributed by atoms with Crippen molar-refractivity contribution in [3.63, 3.8) is 0 Å². The van der Waals surface area contributed by atoms with Crippen LogP contribution in [0.3, 0.4) is 0 Å². The van der Waals surface area contributed by atoms with Crippen LogP contribution in [0, 0.1) is 5.82 Å². The van der Waals surface area contributed by atoms with Crippen molar-refractivity contribution in [3.05, 3.63) is 48.0 Å². The molecule has 1 heterocycles. The second-order valence-electron chi connectivity index (χ2n) is 2.97. The number of hydrogen-bond acceptors (Lipinski definition) is 2. The van der Waals surface area contributed by atoms with Gasteiger partial charge < -0.3 is 9.52 Å². The quantitative estimate of drug-likeness (QED) is 0.821. The van der Waals surface area contributed by atoms with Crippen LogP contribution in [0.25, 0.3) is 11.3 Å². The number of aromatic carboxylic acids is 1. The van der Waals surface area contributed by atoms with Gasteiger partial charge in [0.15, 0.2) is 0 Å². The summed E-state index contributed by atoms with van der Waals surface area (Å²) in [6.45, 7) is 0. The lowest BCUT2D eigenvalue weighted by Gasteiger charge is -2.02. The molecule has 0 aliphatic heterocycles. The Bertz CT molecular complexity index is 489. The van der Waals surface area contributed by atoms with Gasteiger partial charge in [0, 0.05) is 5.56 Å². The molecule has 0 aliphatic carbocycles. The number of carboxylic acids is 1. The van der Waals surface area contributed by atoms with E-state index < -0.39 is 11.8 Å². The van der Waals surface area contributed by atoms with Crippen molar-refractivity contribution in [1.29, 1.82) is 0 Å². The summed E-state index contributed by atoms with van der Waals surface area (Å²) in [4.78, 5) is 10.9. The van der Waals surface area contributed by atoms with Gasteiger partial charge in [0.25, 0.3) is 0 Å². The fraction of sp³-hybridized carbons (Fsp3) is 0. The summed E-state index contributed by atoms with van der Waals surface area (Å²) in [5.74, 6) is -1.35. The minimum atomic E-state index is -1.18. The lowest BCUT2D eigenvalue weighted by Crippen LogP contribution is -1.99. The first-order valence-electron chi connectivity index (χ1n) is 4.25. The summed E-state index contributed by atoms with van der Waals surface area (Å²) < 4.78 is 17.9. The van der Waals surface area contributed by atoms with Crippen molar-refractivity contribution in [2.75, 3.05) is 0 Å². The third-order valence-corrected chi connectivity index (χ3v) is 2.00. The fourth-order valence-corrected chi connectivity index (χ4v) is 1.34. The Morgan fingerprint density at radius 1 is 1.33 bits per heavy atom. The first kappa shape index (κ1) is 9.45. The molecule has 2 aromatic rings. The van der Waals surface area contributed by atoms with Crippen molar-refractivity contribution in [1.82, 2.24) is 0 Å². The molecule has 0 saturated carbocycles. The second kappa shape index (κ2) is 3.57. The monoisotopic (exact) mass is 206 g/mol. The van der Waals surface area contributed by atoms with Crippen LogP contribution in [0.5, 0.6) is 0 Å². The molecule has 15 heavy (non-hydrogen) atoms. The number of furan rings is 1. The Morgan fingerprint density at radius 3 is 2.73 bits per heavy atom. The Kier molecular flexibility index (Phi) is 2.25. The number of halogens is 1. The van der Waals surface area contributed by atoms with Crippen LogP contribution in [0.1, 0.15) is 10.4 Å². The Hall–Kier alpha value is -2.10. The van der Waals surface area contributed by atoms with Gasteiger partial charge >= 0.3 is 5.97 Å². The molecule has 1 N–H and O–H groups in total. The molecule has 0 radical (unpaired) electrons. The summed E-state index contributed by atoms with van der Waals surface area (Å²) in [5, 5.41) is 8.88. The third kappa shape index (κ3) is 1.74. The highest BCUT2D eigenvalue weighted by Gasteiger charge is 2.14. The number of carbonyl (C=O) groups is 1. The molecule has 0 atom stereocenters. The fourth-order valence-electron chi connectivity index (χ4n) is 1.34. The molecular formula is C11H7FO3. The molecule has 2 rings (SSSR count). The highest BCUT2D eigenvalue weighted by Crippen LogP contribution is 2.24. The molecule has 0 spiro atoms. The molecule has 1 aromatic carbocycles. The first-order chi connectivity index (χ1) is 7.18. The Labute approximate surface area is 84.8 Å². The van der Waals surface area contributed by atoms with Crippen molar-refractivity contribution >= 4 is 5.97 Å². The van der Waals surface area contributed by atoms with E-state index in [1.807, 2.05) is 0 Å². The number of benzene rings is 1. The average Bonchev–Trinajstić information content (AvgIpc) is 2.70. The van der Waals surface area contributed by atoms with Gasteiger partial charge in [0.1, 0.15) is 11.6 Å². The van der Waals surface area contributed by atoms with Crippen LogP contribution in [0.4, 0.5) is 4.39 Å². The Morgan fingerprint density at radius 2 is 2.13 bits per heavy atom. The molecule has 0 fully saturated rings. The zero-order valence-electron chi connectivity index (χ0n) is 7.61. The van der Waals surface area contributed by atoms with E-state index in [-0.39, 0.29) is 5.56 Å². The third-order valence-electron chi connectivity index (χ3n) is 2.00. The van der Waals surface area contributed by atoms with E-state index in [0.29, 0.717) is 11.3 Å². The summed E-state index contributed by atoms with van der Waals surface area (Å²) in [7, 11) is 0. The van der Waals surface area contributed by atoms with Gasteiger partial charge in [-0.05, 0) is 30.3 Å². The number of rotatable bonds is 2. The molecule has 0 saturated heterocycles. The lowest BCUT2D eigenvalue weighted by molar-refractivity contribution is 0.0697. The average molecular weight is 206 g/mol. The SMILES string of the molecule is O=C(O)c1cc(F)ccc1-c1ccco1. The van der Waals surface area contributed by atoms with E-state index in [1.165, 1.54) is 18.4 Å². The van der Waals surface area contributed by atoms with Crippen molar-refractivity contribution < 1.29 is 18.7 Å². The molecule has 4 heteroatoms. The van der Waals surface area contributed by atoms with Gasteiger partial charge in [-0.25, -0.2) is 9.18 Å². The van der Waals surface area contributed by atoms with E-state index in [0.717, 1.165) is 6.07 Å². The topological polar surface area (TPSA) is 50.4 Å². The maximum absolute atomic E-state index is 12.9. The predicted molar refractivity (Wildman–Crippen MR) is 51.1 cm³/mol. The minimum absolute atomic E-state index is 0.107. The number of carboxylic acid groups (broad SMARTS) is 1. The van der Waals surface area contributed by atoms with E-state index in [9.17, 15) is 9.18 Å². The summed E-state index contributed by atoms with van der Waals surface area (Å²) in [6, 6.07) is 6.83. The van der Waals surface area contributed by atoms with Crippen molar-refractivity contribution in [3.8, 4) is 11.3 Å². The van der Waals surface area contributed by atoms with E-state index in [2.05, 4.69) is 0 Å². The maximum Gasteiger partial charge on any atom is 0.336 e. The van der Waals surface area contributed by atoms with Gasteiger partial charge in [0.2, 0.25) is 0 Å².